The highest BCUT2D eigenvalue weighted by Gasteiger charge is 2.36. The summed E-state index contributed by atoms with van der Waals surface area (Å²) in [7, 11) is 0. The van der Waals surface area contributed by atoms with Crippen LogP contribution in [0.5, 0.6) is 5.75 Å². The van der Waals surface area contributed by atoms with E-state index in [1.165, 1.54) is 25.3 Å². The molecule has 2 aliphatic rings. The Kier molecular flexibility index (Phi) is 5.27. The average Bonchev–Trinajstić information content (AvgIpc) is 2.95. The second-order valence-corrected chi connectivity index (χ2v) is 8.08. The van der Waals surface area contributed by atoms with Crippen molar-refractivity contribution in [3.8, 4) is 5.75 Å². The monoisotopic (exact) mass is 433 g/mol. The van der Waals surface area contributed by atoms with Gasteiger partial charge in [0.05, 0.1) is 11.1 Å². The van der Waals surface area contributed by atoms with Crippen molar-refractivity contribution < 1.29 is 19.1 Å². The molecule has 2 aliphatic heterocycles. The molecular formula is C21H21ClFN3O4. The van der Waals surface area contributed by atoms with Gasteiger partial charge in [0.2, 0.25) is 5.43 Å². The first kappa shape index (κ1) is 20.4. The molecule has 0 unspecified atom stereocenters. The van der Waals surface area contributed by atoms with Gasteiger partial charge in [-0.1, -0.05) is 17.7 Å². The molecule has 30 heavy (non-hydrogen) atoms. The van der Waals surface area contributed by atoms with E-state index in [0.717, 1.165) is 19.3 Å². The number of nitrogens with zero attached hydrogens (tertiary/aromatic N) is 2. The van der Waals surface area contributed by atoms with Gasteiger partial charge in [-0.05, 0) is 37.8 Å². The Morgan fingerprint density at radius 3 is 2.87 bits per heavy atom. The summed E-state index contributed by atoms with van der Waals surface area (Å²) in [6, 6.07) is 2.61. The van der Waals surface area contributed by atoms with Gasteiger partial charge in [0.1, 0.15) is 11.4 Å². The minimum Gasteiger partial charge on any atom is -0.503 e. The van der Waals surface area contributed by atoms with E-state index < -0.39 is 28.8 Å². The van der Waals surface area contributed by atoms with Gasteiger partial charge in [0.15, 0.2) is 11.4 Å². The standard InChI is InChI=1S/C21H21ClFN3O4/c1-11-15(23)6-5-12(16(11)22)8-24-20(29)14-10-26-13-4-2-3-7-25(9-13)21(30)17(26)19(28)18(14)27/h5-6,10,13,28H,2-4,7-9H2,1H3,(H,24,29)/t13-/m0/s1. The first-order valence-corrected chi connectivity index (χ1v) is 10.2. The molecule has 3 heterocycles. The zero-order chi connectivity index (χ0) is 21.6. The molecule has 2 amide bonds. The summed E-state index contributed by atoms with van der Waals surface area (Å²) in [6.45, 7) is 2.59. The molecule has 2 N–H and O–H groups in total. The smallest absolute Gasteiger partial charge is 0.274 e. The van der Waals surface area contributed by atoms with Crippen LogP contribution in [0.2, 0.25) is 5.02 Å². The molecule has 9 heteroatoms. The van der Waals surface area contributed by atoms with Crippen LogP contribution in [0.3, 0.4) is 0 Å². The van der Waals surface area contributed by atoms with Gasteiger partial charge in [-0.25, -0.2) is 4.39 Å². The zero-order valence-corrected chi connectivity index (χ0v) is 17.1. The number of aromatic hydroxyl groups is 1. The highest BCUT2D eigenvalue weighted by molar-refractivity contribution is 6.32. The summed E-state index contributed by atoms with van der Waals surface area (Å²) in [5, 5.41) is 13.3. The first-order valence-electron chi connectivity index (χ1n) is 9.78. The largest absolute Gasteiger partial charge is 0.503 e. The fourth-order valence-electron chi connectivity index (χ4n) is 4.09. The van der Waals surface area contributed by atoms with Crippen LogP contribution in [0.4, 0.5) is 4.39 Å². The van der Waals surface area contributed by atoms with E-state index in [9.17, 15) is 23.9 Å². The molecule has 1 aromatic carbocycles. The predicted octanol–water partition coefficient (Wildman–Crippen LogP) is 2.77. The second kappa shape index (κ2) is 7.75. The van der Waals surface area contributed by atoms with Gasteiger partial charge in [0.25, 0.3) is 11.8 Å². The Balaban J connectivity index is 1.66. The summed E-state index contributed by atoms with van der Waals surface area (Å²) in [5.74, 6) is -2.26. The van der Waals surface area contributed by atoms with Crippen LogP contribution in [0.1, 0.15) is 57.3 Å². The molecule has 1 aromatic heterocycles. The molecule has 2 bridgehead atoms. The van der Waals surface area contributed by atoms with Gasteiger partial charge in [-0.3, -0.25) is 14.4 Å². The number of carbonyl (C=O) groups is 2. The molecule has 0 aliphatic carbocycles. The summed E-state index contributed by atoms with van der Waals surface area (Å²) in [4.78, 5) is 39.7. The van der Waals surface area contributed by atoms with E-state index in [4.69, 9.17) is 11.6 Å². The van der Waals surface area contributed by atoms with E-state index in [1.54, 1.807) is 9.47 Å². The topological polar surface area (TPSA) is 91.6 Å². The minimum absolute atomic E-state index is 0.0170. The SMILES string of the molecule is Cc1c(F)ccc(CNC(=O)c2cn3c(c(O)c2=O)C(=O)N2CCCC[C@H]3C2)c1Cl. The highest BCUT2D eigenvalue weighted by Crippen LogP contribution is 2.31. The molecule has 0 saturated carbocycles. The fourth-order valence-corrected chi connectivity index (χ4v) is 4.31. The number of hydrogen-bond donors (Lipinski definition) is 2. The van der Waals surface area contributed by atoms with Crippen LogP contribution in [0.25, 0.3) is 0 Å². The number of hydrogen-bond acceptors (Lipinski definition) is 4. The van der Waals surface area contributed by atoms with Gasteiger partial charge < -0.3 is 19.9 Å². The second-order valence-electron chi connectivity index (χ2n) is 7.71. The van der Waals surface area contributed by atoms with Crippen molar-refractivity contribution in [2.45, 2.75) is 38.8 Å². The number of rotatable bonds is 3. The lowest BCUT2D eigenvalue weighted by molar-refractivity contribution is 0.0677. The number of benzene rings is 1. The van der Waals surface area contributed by atoms with Crippen LogP contribution < -0.4 is 10.7 Å². The number of fused-ring (bicyclic) bond motifs is 4. The Morgan fingerprint density at radius 1 is 1.33 bits per heavy atom. The maximum Gasteiger partial charge on any atom is 0.274 e. The van der Waals surface area contributed by atoms with E-state index in [-0.39, 0.29) is 34.4 Å². The number of nitrogens with one attached hydrogen (secondary N) is 1. The van der Waals surface area contributed by atoms with Gasteiger partial charge in [-0.2, -0.15) is 0 Å². The van der Waals surface area contributed by atoms with Crippen molar-refractivity contribution in [1.82, 2.24) is 14.8 Å². The highest BCUT2D eigenvalue weighted by atomic mass is 35.5. The van der Waals surface area contributed by atoms with E-state index in [0.29, 0.717) is 18.7 Å². The van der Waals surface area contributed by atoms with Gasteiger partial charge in [-0.15, -0.1) is 0 Å². The third kappa shape index (κ3) is 3.35. The lowest BCUT2D eigenvalue weighted by Crippen LogP contribution is -2.44. The normalized spacial score (nSPS) is 18.0. The Morgan fingerprint density at radius 2 is 2.10 bits per heavy atom. The quantitative estimate of drug-likeness (QED) is 0.778. The Bertz CT molecular complexity index is 1110. The molecule has 1 atom stereocenters. The molecule has 7 nitrogen and oxygen atoms in total. The van der Waals surface area contributed by atoms with Crippen molar-refractivity contribution in [3.05, 3.63) is 61.8 Å². The lowest BCUT2D eigenvalue weighted by Gasteiger charge is -2.34. The van der Waals surface area contributed by atoms with Crippen LogP contribution in [-0.2, 0) is 6.54 Å². The minimum atomic E-state index is -0.895. The van der Waals surface area contributed by atoms with E-state index in [2.05, 4.69) is 5.32 Å². The molecule has 1 fully saturated rings. The van der Waals surface area contributed by atoms with Crippen molar-refractivity contribution in [2.24, 2.45) is 0 Å². The van der Waals surface area contributed by atoms with Crippen molar-refractivity contribution in [3.63, 3.8) is 0 Å². The summed E-state index contributed by atoms with van der Waals surface area (Å²) in [5.41, 5.74) is -0.441. The van der Waals surface area contributed by atoms with Crippen LogP contribution in [0.15, 0.2) is 23.1 Å². The molecule has 2 aromatic rings. The number of carbonyl (C=O) groups excluding carboxylic acids is 2. The zero-order valence-electron chi connectivity index (χ0n) is 16.4. The van der Waals surface area contributed by atoms with Crippen LogP contribution in [0, 0.1) is 12.7 Å². The van der Waals surface area contributed by atoms with Crippen LogP contribution in [-0.4, -0.2) is 39.5 Å². The van der Waals surface area contributed by atoms with E-state index in [1.807, 2.05) is 0 Å². The molecular weight excluding hydrogens is 413 g/mol. The third-order valence-electron chi connectivity index (χ3n) is 5.82. The third-order valence-corrected chi connectivity index (χ3v) is 6.35. The predicted molar refractivity (Wildman–Crippen MR) is 108 cm³/mol. The summed E-state index contributed by atoms with van der Waals surface area (Å²) in [6.07, 6.45) is 3.90. The van der Waals surface area contributed by atoms with Crippen molar-refractivity contribution in [2.75, 3.05) is 13.1 Å². The van der Waals surface area contributed by atoms with Crippen molar-refractivity contribution in [1.29, 1.82) is 0 Å². The average molecular weight is 434 g/mol. The van der Waals surface area contributed by atoms with E-state index >= 15 is 0 Å². The molecule has 0 spiro atoms. The van der Waals surface area contributed by atoms with Crippen LogP contribution >= 0.6 is 11.6 Å². The van der Waals surface area contributed by atoms with Gasteiger partial charge in [0, 0.05) is 31.4 Å². The number of pyridine rings is 1. The first-order chi connectivity index (χ1) is 14.3. The maximum absolute atomic E-state index is 13.6. The summed E-state index contributed by atoms with van der Waals surface area (Å²) < 4.78 is 15.1. The number of aromatic nitrogens is 1. The molecule has 4 rings (SSSR count). The number of halogens is 2. The fraction of sp³-hybridized carbons (Fsp3) is 0.381. The molecule has 158 valence electrons. The Labute approximate surface area is 177 Å². The molecule has 0 radical (unpaired) electrons. The molecule has 1 saturated heterocycles. The summed E-state index contributed by atoms with van der Waals surface area (Å²) >= 11 is 6.13. The van der Waals surface area contributed by atoms with Crippen molar-refractivity contribution >= 4 is 23.4 Å². The number of amides is 2. The Hall–Kier alpha value is -2.87. The lowest BCUT2D eigenvalue weighted by atomic mass is 10.1. The van der Waals surface area contributed by atoms with Gasteiger partial charge >= 0.3 is 0 Å². The maximum atomic E-state index is 13.6.